The number of methoxy groups -OCH3 is 1. The Labute approximate surface area is 130 Å². The molecule has 8 heteroatoms. The number of sulfonamides is 1. The number of nitrogens with two attached hydrogens (primary N) is 1. The second-order valence-electron chi connectivity index (χ2n) is 5.00. The standard InChI is InChI=1S/C14H21N3O4S/c1-21-13(11-15)14(18)16-7-9-17(10-8-16)22(19,20)12-5-3-2-4-6-12/h2-6,13H,7-11,15H2,1H3. The number of nitrogens with zero attached hydrogens (tertiary/aromatic N) is 2. The average Bonchev–Trinajstić information content (AvgIpc) is 2.57. The van der Waals surface area contributed by atoms with Crippen molar-refractivity contribution in [1.82, 2.24) is 9.21 Å². The van der Waals surface area contributed by atoms with Crippen LogP contribution in [0.15, 0.2) is 35.2 Å². The first-order valence-corrected chi connectivity index (χ1v) is 8.51. The molecule has 0 aliphatic carbocycles. The lowest BCUT2D eigenvalue weighted by molar-refractivity contribution is -0.142. The Kier molecular flexibility index (Phi) is 5.52. The normalized spacial score (nSPS) is 18.2. The quantitative estimate of drug-likeness (QED) is 0.786. The number of hydrogen-bond acceptors (Lipinski definition) is 5. The van der Waals surface area contributed by atoms with E-state index in [9.17, 15) is 13.2 Å². The summed E-state index contributed by atoms with van der Waals surface area (Å²) in [5, 5.41) is 0. The molecule has 1 heterocycles. The van der Waals surface area contributed by atoms with E-state index < -0.39 is 16.1 Å². The molecule has 1 aliphatic heterocycles. The summed E-state index contributed by atoms with van der Waals surface area (Å²) in [5.41, 5.74) is 5.48. The highest BCUT2D eigenvalue weighted by Gasteiger charge is 2.32. The Bertz CT molecular complexity index is 594. The van der Waals surface area contributed by atoms with Crippen molar-refractivity contribution in [2.45, 2.75) is 11.0 Å². The molecule has 0 aromatic heterocycles. The number of hydrogen-bond donors (Lipinski definition) is 1. The summed E-state index contributed by atoms with van der Waals surface area (Å²) in [6, 6.07) is 8.30. The largest absolute Gasteiger partial charge is 0.370 e. The van der Waals surface area contributed by atoms with Gasteiger partial charge in [0.05, 0.1) is 4.90 Å². The predicted molar refractivity (Wildman–Crippen MR) is 81.6 cm³/mol. The maximum atomic E-state index is 12.5. The number of ether oxygens (including phenoxy) is 1. The van der Waals surface area contributed by atoms with Crippen molar-refractivity contribution in [1.29, 1.82) is 0 Å². The van der Waals surface area contributed by atoms with E-state index in [1.807, 2.05) is 0 Å². The molecule has 0 saturated carbocycles. The molecule has 0 spiro atoms. The minimum atomic E-state index is -3.50. The molecule has 1 fully saturated rings. The Morgan fingerprint density at radius 3 is 2.32 bits per heavy atom. The van der Waals surface area contributed by atoms with Crippen LogP contribution in [0.2, 0.25) is 0 Å². The molecular formula is C14H21N3O4S. The fourth-order valence-electron chi connectivity index (χ4n) is 2.39. The van der Waals surface area contributed by atoms with Crippen molar-refractivity contribution in [2.24, 2.45) is 5.73 Å². The first-order valence-electron chi connectivity index (χ1n) is 7.07. The second kappa shape index (κ2) is 7.19. The number of piperazine rings is 1. The van der Waals surface area contributed by atoms with Crippen LogP contribution in [0.1, 0.15) is 0 Å². The number of benzene rings is 1. The van der Waals surface area contributed by atoms with Gasteiger partial charge in [0, 0.05) is 39.8 Å². The second-order valence-corrected chi connectivity index (χ2v) is 6.94. The van der Waals surface area contributed by atoms with Gasteiger partial charge >= 0.3 is 0 Å². The van der Waals surface area contributed by atoms with Gasteiger partial charge < -0.3 is 15.4 Å². The van der Waals surface area contributed by atoms with Crippen molar-refractivity contribution in [3.63, 3.8) is 0 Å². The zero-order valence-electron chi connectivity index (χ0n) is 12.5. The van der Waals surface area contributed by atoms with Gasteiger partial charge in [-0.05, 0) is 12.1 Å². The van der Waals surface area contributed by atoms with Crippen molar-refractivity contribution in [3.8, 4) is 0 Å². The van der Waals surface area contributed by atoms with Gasteiger partial charge in [-0.15, -0.1) is 0 Å². The third kappa shape index (κ3) is 3.46. The predicted octanol–water partition coefficient (Wildman–Crippen LogP) is -0.507. The first kappa shape index (κ1) is 16.9. The highest BCUT2D eigenvalue weighted by Crippen LogP contribution is 2.17. The van der Waals surface area contributed by atoms with Gasteiger partial charge in [0.25, 0.3) is 5.91 Å². The van der Waals surface area contributed by atoms with E-state index in [1.54, 1.807) is 35.2 Å². The smallest absolute Gasteiger partial charge is 0.253 e. The van der Waals surface area contributed by atoms with Crippen LogP contribution in [0.4, 0.5) is 0 Å². The Balaban J connectivity index is 2.02. The summed E-state index contributed by atoms with van der Waals surface area (Å²) in [5.74, 6) is -0.193. The van der Waals surface area contributed by atoms with E-state index >= 15 is 0 Å². The van der Waals surface area contributed by atoms with Crippen molar-refractivity contribution in [3.05, 3.63) is 30.3 Å². The molecule has 22 heavy (non-hydrogen) atoms. The molecule has 1 amide bonds. The average molecular weight is 327 g/mol. The zero-order chi connectivity index (χ0) is 16.2. The maximum absolute atomic E-state index is 12.5. The van der Waals surface area contributed by atoms with Gasteiger partial charge in [0.2, 0.25) is 10.0 Å². The molecule has 7 nitrogen and oxygen atoms in total. The highest BCUT2D eigenvalue weighted by molar-refractivity contribution is 7.89. The fraction of sp³-hybridized carbons (Fsp3) is 0.500. The van der Waals surface area contributed by atoms with Crippen LogP contribution in [-0.4, -0.2) is 69.5 Å². The third-order valence-electron chi connectivity index (χ3n) is 3.71. The summed E-state index contributed by atoms with van der Waals surface area (Å²) in [6.45, 7) is 1.32. The summed E-state index contributed by atoms with van der Waals surface area (Å²) in [7, 11) is -2.07. The number of rotatable bonds is 5. The Hall–Kier alpha value is -1.48. The van der Waals surface area contributed by atoms with Gasteiger partial charge in [-0.2, -0.15) is 4.31 Å². The van der Waals surface area contributed by atoms with Crippen LogP contribution in [0.25, 0.3) is 0 Å². The fourth-order valence-corrected chi connectivity index (χ4v) is 3.84. The van der Waals surface area contributed by atoms with Crippen LogP contribution in [0, 0.1) is 0 Å². The summed E-state index contributed by atoms with van der Waals surface area (Å²) >= 11 is 0. The number of carbonyl (C=O) groups is 1. The molecule has 1 aromatic carbocycles. The monoisotopic (exact) mass is 327 g/mol. The lowest BCUT2D eigenvalue weighted by Crippen LogP contribution is -2.54. The highest BCUT2D eigenvalue weighted by atomic mass is 32.2. The maximum Gasteiger partial charge on any atom is 0.253 e. The van der Waals surface area contributed by atoms with E-state index in [0.29, 0.717) is 13.1 Å². The SMILES string of the molecule is COC(CN)C(=O)N1CCN(S(=O)(=O)c2ccccc2)CC1. The molecule has 2 rings (SSSR count). The first-order chi connectivity index (χ1) is 10.5. The van der Waals surface area contributed by atoms with Gasteiger partial charge in [0.1, 0.15) is 6.10 Å². The third-order valence-corrected chi connectivity index (χ3v) is 5.62. The minimum absolute atomic E-state index is 0.109. The number of carbonyl (C=O) groups excluding carboxylic acids is 1. The van der Waals surface area contributed by atoms with Gasteiger partial charge in [0.15, 0.2) is 0 Å². The van der Waals surface area contributed by atoms with Crippen molar-refractivity contribution in [2.75, 3.05) is 39.8 Å². The molecule has 0 bridgehead atoms. The van der Waals surface area contributed by atoms with Crippen molar-refractivity contribution >= 4 is 15.9 Å². The van der Waals surface area contributed by atoms with E-state index in [1.165, 1.54) is 11.4 Å². The van der Waals surface area contributed by atoms with Gasteiger partial charge in [-0.3, -0.25) is 4.79 Å². The molecule has 1 atom stereocenters. The lowest BCUT2D eigenvalue weighted by Gasteiger charge is -2.35. The molecule has 1 aromatic rings. The molecule has 1 aliphatic rings. The lowest BCUT2D eigenvalue weighted by atomic mass is 10.2. The van der Waals surface area contributed by atoms with Crippen molar-refractivity contribution < 1.29 is 17.9 Å². The molecule has 122 valence electrons. The van der Waals surface area contributed by atoms with Gasteiger partial charge in [-0.25, -0.2) is 8.42 Å². The Morgan fingerprint density at radius 1 is 1.23 bits per heavy atom. The van der Waals surface area contributed by atoms with Crippen LogP contribution in [-0.2, 0) is 19.6 Å². The zero-order valence-corrected chi connectivity index (χ0v) is 13.3. The molecule has 1 unspecified atom stereocenters. The van der Waals surface area contributed by atoms with E-state index in [2.05, 4.69) is 0 Å². The van der Waals surface area contributed by atoms with E-state index in [0.717, 1.165) is 0 Å². The summed E-state index contributed by atoms with van der Waals surface area (Å²) in [4.78, 5) is 14.0. The molecular weight excluding hydrogens is 306 g/mol. The molecule has 0 radical (unpaired) electrons. The number of amides is 1. The van der Waals surface area contributed by atoms with E-state index in [-0.39, 0.29) is 30.4 Å². The van der Waals surface area contributed by atoms with Gasteiger partial charge in [-0.1, -0.05) is 18.2 Å². The van der Waals surface area contributed by atoms with Crippen LogP contribution in [0.5, 0.6) is 0 Å². The summed E-state index contributed by atoms with van der Waals surface area (Å²) in [6.07, 6.45) is -0.669. The van der Waals surface area contributed by atoms with Crippen LogP contribution >= 0.6 is 0 Å². The van der Waals surface area contributed by atoms with Crippen LogP contribution < -0.4 is 5.73 Å². The Morgan fingerprint density at radius 2 is 1.82 bits per heavy atom. The molecule has 2 N–H and O–H groups in total. The topological polar surface area (TPSA) is 92.9 Å². The van der Waals surface area contributed by atoms with Crippen LogP contribution in [0.3, 0.4) is 0 Å². The van der Waals surface area contributed by atoms with E-state index in [4.69, 9.17) is 10.5 Å². The summed E-state index contributed by atoms with van der Waals surface area (Å²) < 4.78 is 31.4. The molecule has 1 saturated heterocycles. The minimum Gasteiger partial charge on any atom is -0.370 e.